The molecule has 1 aliphatic heterocycles. The van der Waals surface area contributed by atoms with E-state index in [-0.39, 0.29) is 0 Å². The van der Waals surface area contributed by atoms with Gasteiger partial charge in [0.15, 0.2) is 0 Å². The number of rotatable bonds is 0. The second kappa shape index (κ2) is 1.69. The molecule has 0 radical (unpaired) electrons. The molecule has 0 N–H and O–H groups in total. The van der Waals surface area contributed by atoms with Gasteiger partial charge in [0.25, 0.3) is 0 Å². The molecule has 0 aromatic carbocycles. The summed E-state index contributed by atoms with van der Waals surface area (Å²) in [7, 11) is 0. The number of nitrogens with zero attached hydrogens (tertiary/aromatic N) is 1. The third kappa shape index (κ3) is 0.913. The molecular formula is C8H11N. The fourth-order valence-electron chi connectivity index (χ4n) is 1.40. The zero-order valence-electron chi connectivity index (χ0n) is 5.67. The number of hydrogen-bond donors (Lipinski definition) is 0. The lowest BCUT2D eigenvalue weighted by Crippen LogP contribution is -1.81. The summed E-state index contributed by atoms with van der Waals surface area (Å²) in [5, 5.41) is 0. The molecule has 0 spiro atoms. The molecule has 1 aliphatic carbocycles. The first kappa shape index (κ1) is 5.21. The van der Waals surface area contributed by atoms with Crippen LogP contribution < -0.4 is 0 Å². The van der Waals surface area contributed by atoms with E-state index in [1.807, 2.05) is 6.21 Å². The Kier molecular flexibility index (Phi) is 0.981. The maximum Gasteiger partial charge on any atom is 0.0423 e. The normalized spacial score (nSPS) is 39.0. The quantitative estimate of drug-likeness (QED) is 0.462. The summed E-state index contributed by atoms with van der Waals surface area (Å²) < 4.78 is 0. The molecule has 0 aromatic heterocycles. The Morgan fingerprint density at radius 1 is 1.67 bits per heavy atom. The van der Waals surface area contributed by atoms with E-state index in [1.54, 1.807) is 0 Å². The van der Waals surface area contributed by atoms with Crippen molar-refractivity contribution < 1.29 is 0 Å². The zero-order chi connectivity index (χ0) is 6.27. The third-order valence-corrected chi connectivity index (χ3v) is 2.09. The molecule has 1 fully saturated rings. The summed E-state index contributed by atoms with van der Waals surface area (Å²) in [5.74, 6) is 1.78. The van der Waals surface area contributed by atoms with Crippen LogP contribution in [0, 0.1) is 11.8 Å². The first-order chi connectivity index (χ1) is 4.36. The van der Waals surface area contributed by atoms with Gasteiger partial charge in [0.05, 0.1) is 0 Å². The lowest BCUT2D eigenvalue weighted by molar-refractivity contribution is 0.807. The van der Waals surface area contributed by atoms with E-state index in [2.05, 4.69) is 18.0 Å². The lowest BCUT2D eigenvalue weighted by atomic mass is 10.2. The van der Waals surface area contributed by atoms with Crippen molar-refractivity contribution in [2.45, 2.75) is 13.3 Å². The number of fused-ring (bicyclic) bond motifs is 1. The van der Waals surface area contributed by atoms with Crippen LogP contribution in [0.5, 0.6) is 0 Å². The largest absolute Gasteiger partial charge is 0.293 e. The van der Waals surface area contributed by atoms with Crippen molar-refractivity contribution in [1.29, 1.82) is 0 Å². The van der Waals surface area contributed by atoms with E-state index < -0.39 is 0 Å². The fourth-order valence-corrected chi connectivity index (χ4v) is 1.40. The average Bonchev–Trinajstić information content (AvgIpc) is 2.43. The van der Waals surface area contributed by atoms with Crippen molar-refractivity contribution in [3.63, 3.8) is 0 Å². The van der Waals surface area contributed by atoms with Crippen molar-refractivity contribution in [1.82, 2.24) is 0 Å². The maximum absolute atomic E-state index is 4.28. The van der Waals surface area contributed by atoms with Crippen LogP contribution in [0.15, 0.2) is 16.6 Å². The second-order valence-electron chi connectivity index (χ2n) is 3.06. The van der Waals surface area contributed by atoms with Crippen molar-refractivity contribution in [3.05, 3.63) is 11.6 Å². The first-order valence-electron chi connectivity index (χ1n) is 3.54. The van der Waals surface area contributed by atoms with Gasteiger partial charge in [-0.15, -0.1) is 0 Å². The minimum Gasteiger partial charge on any atom is -0.293 e. The molecule has 2 aliphatic rings. The van der Waals surface area contributed by atoms with Crippen LogP contribution >= 0.6 is 0 Å². The molecule has 2 atom stereocenters. The minimum atomic E-state index is 0.882. The van der Waals surface area contributed by atoms with Crippen LogP contribution in [0.25, 0.3) is 0 Å². The Morgan fingerprint density at radius 3 is 3.44 bits per heavy atom. The summed E-state index contributed by atoms with van der Waals surface area (Å²) in [5.41, 5.74) is 1.35. The number of hydrogen-bond acceptors (Lipinski definition) is 1. The van der Waals surface area contributed by atoms with Crippen molar-refractivity contribution in [2.75, 3.05) is 6.54 Å². The predicted octanol–water partition coefficient (Wildman–Crippen LogP) is 1.65. The van der Waals surface area contributed by atoms with E-state index in [4.69, 9.17) is 0 Å². The molecule has 2 rings (SSSR count). The first-order valence-corrected chi connectivity index (χ1v) is 3.54. The highest BCUT2D eigenvalue weighted by molar-refractivity contribution is 5.78. The Bertz CT molecular complexity index is 179. The Morgan fingerprint density at radius 2 is 2.56 bits per heavy atom. The van der Waals surface area contributed by atoms with Crippen LogP contribution in [0.1, 0.15) is 13.3 Å². The van der Waals surface area contributed by atoms with Gasteiger partial charge in [0, 0.05) is 12.8 Å². The number of allylic oxidation sites excluding steroid dienone is 2. The fraction of sp³-hybridized carbons (Fsp3) is 0.625. The third-order valence-electron chi connectivity index (χ3n) is 2.09. The molecule has 1 heterocycles. The predicted molar refractivity (Wildman–Crippen MR) is 38.7 cm³/mol. The minimum absolute atomic E-state index is 0.882. The molecule has 1 heteroatoms. The summed E-state index contributed by atoms with van der Waals surface area (Å²) in [6.45, 7) is 3.20. The molecule has 48 valence electrons. The summed E-state index contributed by atoms with van der Waals surface area (Å²) >= 11 is 0. The summed E-state index contributed by atoms with van der Waals surface area (Å²) in [6, 6.07) is 0. The van der Waals surface area contributed by atoms with Gasteiger partial charge in [0.1, 0.15) is 0 Å². The number of aliphatic imine (C=N–C) groups is 1. The molecule has 1 nitrogen and oxygen atoms in total. The van der Waals surface area contributed by atoms with Crippen molar-refractivity contribution in [2.24, 2.45) is 16.8 Å². The highest BCUT2D eigenvalue weighted by Gasteiger charge is 2.35. The molecule has 1 saturated carbocycles. The standard InChI is InChI=1S/C8H11N/c1-6-2-7-3-8(7)5-9-4-6/h2,4,7-8H,3,5H2,1H3. The lowest BCUT2D eigenvalue weighted by Gasteiger charge is -1.84. The van der Waals surface area contributed by atoms with E-state index in [9.17, 15) is 0 Å². The van der Waals surface area contributed by atoms with Crippen molar-refractivity contribution in [3.8, 4) is 0 Å². The van der Waals surface area contributed by atoms with Crippen LogP contribution in [0.3, 0.4) is 0 Å². The van der Waals surface area contributed by atoms with E-state index >= 15 is 0 Å². The Labute approximate surface area is 55.5 Å². The van der Waals surface area contributed by atoms with Crippen LogP contribution in [0.4, 0.5) is 0 Å². The Balaban J connectivity index is 2.19. The van der Waals surface area contributed by atoms with Crippen LogP contribution in [0.2, 0.25) is 0 Å². The van der Waals surface area contributed by atoms with E-state index in [1.165, 1.54) is 12.0 Å². The molecule has 0 amide bonds. The highest BCUT2D eigenvalue weighted by atomic mass is 14.7. The smallest absolute Gasteiger partial charge is 0.0423 e. The SMILES string of the molecule is CC1=CC2CC2CN=C1. The maximum atomic E-state index is 4.28. The molecular weight excluding hydrogens is 110 g/mol. The molecule has 0 bridgehead atoms. The van der Waals surface area contributed by atoms with Crippen molar-refractivity contribution >= 4 is 6.21 Å². The Hall–Kier alpha value is -0.590. The molecule has 0 saturated heterocycles. The topological polar surface area (TPSA) is 12.4 Å². The molecule has 0 aromatic rings. The zero-order valence-corrected chi connectivity index (χ0v) is 5.67. The van der Waals surface area contributed by atoms with Gasteiger partial charge in [0.2, 0.25) is 0 Å². The second-order valence-corrected chi connectivity index (χ2v) is 3.06. The van der Waals surface area contributed by atoms with Crippen LogP contribution in [-0.4, -0.2) is 12.8 Å². The van der Waals surface area contributed by atoms with Gasteiger partial charge in [-0.1, -0.05) is 6.08 Å². The summed E-state index contributed by atoms with van der Waals surface area (Å²) in [6.07, 6.45) is 5.72. The average molecular weight is 121 g/mol. The van der Waals surface area contributed by atoms with E-state index in [0.29, 0.717) is 0 Å². The highest BCUT2D eigenvalue weighted by Crippen LogP contribution is 2.41. The molecule has 2 unspecified atom stereocenters. The van der Waals surface area contributed by atoms with Gasteiger partial charge >= 0.3 is 0 Å². The van der Waals surface area contributed by atoms with Crippen LogP contribution in [-0.2, 0) is 0 Å². The summed E-state index contributed by atoms with van der Waals surface area (Å²) in [4.78, 5) is 4.28. The monoisotopic (exact) mass is 121 g/mol. The molecule has 9 heavy (non-hydrogen) atoms. The van der Waals surface area contributed by atoms with Gasteiger partial charge in [-0.2, -0.15) is 0 Å². The van der Waals surface area contributed by atoms with Gasteiger partial charge in [-0.3, -0.25) is 4.99 Å². The van der Waals surface area contributed by atoms with E-state index in [0.717, 1.165) is 18.4 Å². The van der Waals surface area contributed by atoms with Gasteiger partial charge in [-0.05, 0) is 30.8 Å². The van der Waals surface area contributed by atoms with Gasteiger partial charge in [-0.25, -0.2) is 0 Å². The van der Waals surface area contributed by atoms with Gasteiger partial charge < -0.3 is 0 Å².